The minimum atomic E-state index is -0.253. The Bertz CT molecular complexity index is 340. The molecule has 0 atom stereocenters. The van der Waals surface area contributed by atoms with Crippen LogP contribution in [0.15, 0.2) is 11.4 Å². The number of hydrogen-bond donors (Lipinski definition) is 2. The van der Waals surface area contributed by atoms with Gasteiger partial charge in [0.2, 0.25) is 5.91 Å². The number of nitriles is 2. The maximum atomic E-state index is 11.1. The first-order valence-electron chi connectivity index (χ1n) is 3.80. The van der Waals surface area contributed by atoms with Crippen LogP contribution in [0.4, 0.5) is 0 Å². The molecule has 3 N–H and O–H groups in total. The molecule has 1 saturated carbocycles. The predicted octanol–water partition coefficient (Wildman–Crippen LogP) is -0.270. The highest BCUT2D eigenvalue weighted by atomic mass is 16.2. The summed E-state index contributed by atoms with van der Waals surface area (Å²) in [6.07, 6.45) is 1.69. The third-order valence-electron chi connectivity index (χ3n) is 1.70. The standard InChI is InChI=1S/C8H8N4O/c9-3-6(11)7(4-10)12-8(13)5-1-2-5/h5H,1-2,11H2,(H,12,13)/b7-6-. The Labute approximate surface area is 75.4 Å². The van der Waals surface area contributed by atoms with Gasteiger partial charge >= 0.3 is 0 Å². The molecule has 0 aromatic heterocycles. The first-order valence-corrected chi connectivity index (χ1v) is 3.80. The van der Waals surface area contributed by atoms with Gasteiger partial charge in [0, 0.05) is 5.92 Å². The van der Waals surface area contributed by atoms with Crippen LogP contribution in [0.5, 0.6) is 0 Å². The molecule has 0 spiro atoms. The van der Waals surface area contributed by atoms with Gasteiger partial charge in [0.05, 0.1) is 0 Å². The average molecular weight is 176 g/mol. The molecule has 0 heterocycles. The Morgan fingerprint density at radius 1 is 1.38 bits per heavy atom. The van der Waals surface area contributed by atoms with Crippen LogP contribution in [0, 0.1) is 28.6 Å². The first-order chi connectivity index (χ1) is 6.19. The van der Waals surface area contributed by atoms with E-state index in [1.54, 1.807) is 12.1 Å². The van der Waals surface area contributed by atoms with Gasteiger partial charge in [-0.1, -0.05) is 0 Å². The van der Waals surface area contributed by atoms with Gasteiger partial charge in [-0.25, -0.2) is 0 Å². The number of rotatable bonds is 2. The van der Waals surface area contributed by atoms with Crippen LogP contribution in [0.3, 0.4) is 0 Å². The zero-order valence-electron chi connectivity index (χ0n) is 6.87. The lowest BCUT2D eigenvalue weighted by Gasteiger charge is -2.00. The van der Waals surface area contributed by atoms with Crippen molar-refractivity contribution in [2.45, 2.75) is 12.8 Å². The number of allylic oxidation sites excluding steroid dienone is 2. The van der Waals surface area contributed by atoms with Gasteiger partial charge in [-0.15, -0.1) is 0 Å². The monoisotopic (exact) mass is 176 g/mol. The van der Waals surface area contributed by atoms with Gasteiger partial charge in [0.1, 0.15) is 17.8 Å². The Hall–Kier alpha value is -2.01. The number of carbonyl (C=O) groups is 1. The van der Waals surface area contributed by atoms with Crippen molar-refractivity contribution in [2.75, 3.05) is 0 Å². The molecule has 1 aliphatic carbocycles. The Morgan fingerprint density at radius 2 is 2.00 bits per heavy atom. The molecule has 0 radical (unpaired) electrons. The van der Waals surface area contributed by atoms with E-state index in [0.29, 0.717) is 0 Å². The van der Waals surface area contributed by atoms with Gasteiger partial charge in [0.15, 0.2) is 5.70 Å². The van der Waals surface area contributed by atoms with Crippen molar-refractivity contribution >= 4 is 5.91 Å². The molecule has 1 aliphatic rings. The summed E-state index contributed by atoms with van der Waals surface area (Å²) in [4.78, 5) is 11.1. The minimum Gasteiger partial charge on any atom is -0.388 e. The SMILES string of the molecule is N#C/C(N)=C(\C#N)NC(=O)C1CC1. The second kappa shape index (κ2) is 3.59. The number of nitrogens with one attached hydrogen (secondary N) is 1. The fourth-order valence-corrected chi connectivity index (χ4v) is 0.782. The molecule has 13 heavy (non-hydrogen) atoms. The summed E-state index contributed by atoms with van der Waals surface area (Å²) in [5.74, 6) is -0.232. The number of carbonyl (C=O) groups excluding carboxylic acids is 1. The number of nitrogens with two attached hydrogens (primary N) is 1. The van der Waals surface area contributed by atoms with E-state index in [1.165, 1.54) is 0 Å². The van der Waals surface area contributed by atoms with Crippen molar-refractivity contribution < 1.29 is 4.79 Å². The van der Waals surface area contributed by atoms with E-state index in [4.69, 9.17) is 16.3 Å². The largest absolute Gasteiger partial charge is 0.388 e. The van der Waals surface area contributed by atoms with Crippen LogP contribution in [-0.2, 0) is 4.79 Å². The van der Waals surface area contributed by atoms with Gasteiger partial charge in [-0.2, -0.15) is 10.5 Å². The smallest absolute Gasteiger partial charge is 0.228 e. The lowest BCUT2D eigenvalue weighted by atomic mass is 10.3. The van der Waals surface area contributed by atoms with E-state index in [-0.39, 0.29) is 23.2 Å². The van der Waals surface area contributed by atoms with E-state index in [1.807, 2.05) is 0 Å². The normalized spacial score (nSPS) is 16.5. The summed E-state index contributed by atoms with van der Waals surface area (Å²) in [5, 5.41) is 19.2. The fraction of sp³-hybridized carbons (Fsp3) is 0.375. The third kappa shape index (κ3) is 2.21. The van der Waals surface area contributed by atoms with Crippen molar-refractivity contribution in [3.63, 3.8) is 0 Å². The molecule has 1 amide bonds. The summed E-state index contributed by atoms with van der Waals surface area (Å²) in [6.45, 7) is 0. The van der Waals surface area contributed by atoms with Crippen molar-refractivity contribution in [1.82, 2.24) is 5.32 Å². The summed E-state index contributed by atoms with van der Waals surface area (Å²) in [5.41, 5.74) is 4.77. The zero-order valence-corrected chi connectivity index (χ0v) is 6.87. The Morgan fingerprint density at radius 3 is 2.38 bits per heavy atom. The molecule has 1 fully saturated rings. The quantitative estimate of drug-likeness (QED) is 0.565. The molecule has 0 saturated heterocycles. The van der Waals surface area contributed by atoms with Crippen molar-refractivity contribution in [3.8, 4) is 12.1 Å². The molecular weight excluding hydrogens is 168 g/mol. The molecule has 0 aliphatic heterocycles. The second-order valence-electron chi connectivity index (χ2n) is 2.78. The number of amides is 1. The molecule has 0 aromatic rings. The van der Waals surface area contributed by atoms with Gasteiger partial charge in [-0.05, 0) is 12.8 Å². The zero-order chi connectivity index (χ0) is 9.84. The van der Waals surface area contributed by atoms with Gasteiger partial charge < -0.3 is 11.1 Å². The molecule has 66 valence electrons. The molecule has 0 bridgehead atoms. The van der Waals surface area contributed by atoms with Crippen molar-refractivity contribution in [3.05, 3.63) is 11.4 Å². The molecule has 5 heteroatoms. The topological polar surface area (TPSA) is 103 Å². The maximum absolute atomic E-state index is 11.1. The summed E-state index contributed by atoms with van der Waals surface area (Å²) in [6, 6.07) is 3.27. The first kappa shape index (κ1) is 9.08. The molecular formula is C8H8N4O. The average Bonchev–Trinajstić information content (AvgIpc) is 2.95. The van der Waals surface area contributed by atoms with E-state index >= 15 is 0 Å². The van der Waals surface area contributed by atoms with Crippen LogP contribution in [0.2, 0.25) is 0 Å². The van der Waals surface area contributed by atoms with Crippen LogP contribution in [-0.4, -0.2) is 5.91 Å². The fourth-order valence-electron chi connectivity index (χ4n) is 0.782. The van der Waals surface area contributed by atoms with E-state index in [0.717, 1.165) is 12.8 Å². The van der Waals surface area contributed by atoms with E-state index in [2.05, 4.69) is 5.32 Å². The van der Waals surface area contributed by atoms with Crippen molar-refractivity contribution in [1.29, 1.82) is 10.5 Å². The Balaban J connectivity index is 2.66. The summed E-state index contributed by atoms with van der Waals surface area (Å²) >= 11 is 0. The highest BCUT2D eigenvalue weighted by Crippen LogP contribution is 2.28. The summed E-state index contributed by atoms with van der Waals surface area (Å²) in [7, 11) is 0. The Kier molecular flexibility index (Phi) is 2.51. The van der Waals surface area contributed by atoms with Crippen LogP contribution < -0.4 is 11.1 Å². The number of hydrogen-bond acceptors (Lipinski definition) is 4. The highest BCUT2D eigenvalue weighted by Gasteiger charge is 2.30. The maximum Gasteiger partial charge on any atom is 0.228 e. The van der Waals surface area contributed by atoms with E-state index in [9.17, 15) is 4.79 Å². The predicted molar refractivity (Wildman–Crippen MR) is 43.3 cm³/mol. The highest BCUT2D eigenvalue weighted by molar-refractivity contribution is 5.83. The van der Waals surface area contributed by atoms with Crippen LogP contribution in [0.1, 0.15) is 12.8 Å². The second-order valence-corrected chi connectivity index (χ2v) is 2.78. The van der Waals surface area contributed by atoms with Gasteiger partial charge in [-0.3, -0.25) is 4.79 Å². The molecule has 0 unspecified atom stereocenters. The lowest BCUT2D eigenvalue weighted by molar-refractivity contribution is -0.121. The third-order valence-corrected chi connectivity index (χ3v) is 1.70. The van der Waals surface area contributed by atoms with Crippen molar-refractivity contribution in [2.24, 2.45) is 11.7 Å². The van der Waals surface area contributed by atoms with Crippen LogP contribution in [0.25, 0.3) is 0 Å². The van der Waals surface area contributed by atoms with E-state index < -0.39 is 0 Å². The summed E-state index contributed by atoms with van der Waals surface area (Å²) < 4.78 is 0. The number of nitrogens with zero attached hydrogens (tertiary/aromatic N) is 2. The molecule has 5 nitrogen and oxygen atoms in total. The molecule has 0 aromatic carbocycles. The molecule has 1 rings (SSSR count). The van der Waals surface area contributed by atoms with Crippen LogP contribution >= 0.6 is 0 Å². The lowest BCUT2D eigenvalue weighted by Crippen LogP contribution is -2.25. The van der Waals surface area contributed by atoms with Gasteiger partial charge in [0.25, 0.3) is 0 Å². The minimum absolute atomic E-state index is 0.00478.